The maximum absolute atomic E-state index is 9.74. The van der Waals surface area contributed by atoms with E-state index in [0.717, 1.165) is 66.5 Å². The fourth-order valence-electron chi connectivity index (χ4n) is 8.49. The molecule has 278 valence electrons. The first kappa shape index (κ1) is 34.1. The van der Waals surface area contributed by atoms with E-state index in [1.807, 2.05) is 52.1 Å². The smallest absolute Gasteiger partial charge is 0.510 e. The van der Waals surface area contributed by atoms with Crippen LogP contribution in [-0.2, 0) is 43.1 Å². The second kappa shape index (κ2) is 11.8. The van der Waals surface area contributed by atoms with Crippen molar-refractivity contribution in [3.63, 3.8) is 0 Å². The number of aryl methyl sites for hydroxylation is 5. The number of rotatable bonds is 3. The minimum absolute atomic E-state index is 0. The van der Waals surface area contributed by atoms with Crippen molar-refractivity contribution in [1.29, 1.82) is 0 Å². The summed E-state index contributed by atoms with van der Waals surface area (Å²) >= 11 is 0. The molecule has 0 saturated carbocycles. The van der Waals surface area contributed by atoms with E-state index in [2.05, 4.69) is 102 Å². The van der Waals surface area contributed by atoms with Crippen LogP contribution < -0.4 is 9.47 Å². The zero-order valence-electron chi connectivity index (χ0n) is 35.1. The van der Waals surface area contributed by atoms with Crippen LogP contribution in [0.15, 0.2) is 59.7 Å². The van der Waals surface area contributed by atoms with E-state index < -0.39 is 22.9 Å². The van der Waals surface area contributed by atoms with Crippen LogP contribution in [0.4, 0.5) is 0 Å². The summed E-state index contributed by atoms with van der Waals surface area (Å²) in [6.45, 7) is 24.9. The van der Waals surface area contributed by atoms with Gasteiger partial charge in [0, 0.05) is 32.2 Å². The second-order valence-corrected chi connectivity index (χ2v) is 17.6. The van der Waals surface area contributed by atoms with Gasteiger partial charge in [-0.1, -0.05) is 89.9 Å². The molecule has 0 spiro atoms. The zero-order valence-corrected chi connectivity index (χ0v) is 35.4. The predicted molar refractivity (Wildman–Crippen MR) is 213 cm³/mol. The Morgan fingerprint density at radius 1 is 0.833 bits per heavy atom. The number of hydrogen-bond acceptors (Lipinski definition) is 5. The van der Waals surface area contributed by atoms with E-state index >= 15 is 0 Å². The van der Waals surface area contributed by atoms with Crippen molar-refractivity contribution in [3.05, 3.63) is 117 Å². The standard InChI is InChI=1S/C47H47N3O3.Pt/c1-25-13-35-34-17-29(5)38(22-37(34)50-41(35)39(14-25)52-40-15-26(2)24-48-42(40)50)51-33-20-30(19-32(21-33)44(6,7)8)43-49-46(12)36-18-28(4)27(3)16-31(36)23-47(46,53-43)45(9,10)11;/h13-19,21,24H,23H2,1-12H3;/q-2;+2/t46-,47-;/m1./s1/i23D2;. The van der Waals surface area contributed by atoms with E-state index in [1.165, 1.54) is 0 Å². The first-order valence-corrected chi connectivity index (χ1v) is 18.5. The summed E-state index contributed by atoms with van der Waals surface area (Å²) in [7, 11) is 0. The summed E-state index contributed by atoms with van der Waals surface area (Å²) in [5, 5.41) is 2.11. The summed E-state index contributed by atoms with van der Waals surface area (Å²) in [5.74, 6) is 3.63. The van der Waals surface area contributed by atoms with Gasteiger partial charge in [-0.3, -0.25) is 4.99 Å². The average Bonchev–Trinajstić information content (AvgIpc) is 3.63. The van der Waals surface area contributed by atoms with Crippen molar-refractivity contribution < 1.29 is 38.0 Å². The predicted octanol–water partition coefficient (Wildman–Crippen LogP) is 11.5. The van der Waals surface area contributed by atoms with E-state index in [1.54, 1.807) is 0 Å². The zero-order chi connectivity index (χ0) is 39.4. The first-order valence-electron chi connectivity index (χ1n) is 19.5. The second-order valence-electron chi connectivity index (χ2n) is 17.6. The molecule has 2 atom stereocenters. The number of aromatic nitrogens is 2. The van der Waals surface area contributed by atoms with Gasteiger partial charge in [-0.25, -0.2) is 4.98 Å². The van der Waals surface area contributed by atoms with Crippen LogP contribution >= 0.6 is 0 Å². The van der Waals surface area contributed by atoms with Crippen molar-refractivity contribution in [2.75, 3.05) is 0 Å². The molecule has 0 radical (unpaired) electrons. The van der Waals surface area contributed by atoms with Crippen molar-refractivity contribution in [3.8, 4) is 28.8 Å². The van der Waals surface area contributed by atoms with Crippen LogP contribution in [0.5, 0.6) is 23.0 Å². The van der Waals surface area contributed by atoms with Gasteiger partial charge in [-0.2, -0.15) is 6.07 Å². The number of aliphatic imine (C=N–C) groups is 1. The fraction of sp³-hybridized carbons (Fsp3) is 0.362. The van der Waals surface area contributed by atoms with Gasteiger partial charge in [0.1, 0.15) is 17.0 Å². The molecule has 2 aromatic heterocycles. The molecule has 1 aliphatic carbocycles. The van der Waals surface area contributed by atoms with Crippen molar-refractivity contribution >= 4 is 27.7 Å². The fourth-order valence-corrected chi connectivity index (χ4v) is 8.49. The van der Waals surface area contributed by atoms with E-state index in [9.17, 15) is 2.74 Å². The quantitative estimate of drug-likeness (QED) is 0.166. The summed E-state index contributed by atoms with van der Waals surface area (Å²) in [4.78, 5) is 10.2. The van der Waals surface area contributed by atoms with Crippen LogP contribution in [0.2, 0.25) is 0 Å². The van der Waals surface area contributed by atoms with Crippen molar-refractivity contribution in [2.45, 2.75) is 106 Å². The molecule has 0 amide bonds. The average molecular weight is 899 g/mol. The van der Waals surface area contributed by atoms with Crippen LogP contribution in [0, 0.1) is 52.2 Å². The summed E-state index contributed by atoms with van der Waals surface area (Å²) in [6.07, 6.45) is 0.0236. The molecular weight excluding hydrogens is 850 g/mol. The molecule has 4 heterocycles. The molecule has 0 bridgehead atoms. The van der Waals surface area contributed by atoms with Gasteiger partial charge in [-0.15, -0.1) is 28.6 Å². The third kappa shape index (κ3) is 5.15. The summed E-state index contributed by atoms with van der Waals surface area (Å²) in [6, 6.07) is 23.8. The van der Waals surface area contributed by atoms with Crippen LogP contribution in [0.3, 0.4) is 0 Å². The Bertz CT molecular complexity index is 2720. The van der Waals surface area contributed by atoms with Gasteiger partial charge in [0.05, 0.1) is 5.52 Å². The SMILES string of the molecule is [2H]C1([2H])c2cc(C)c(C)cc2[C@@]2(C)N=C(c3[c-]c(Oc4[c-]c5c(cc4C)c4cc(C)cc6c4n5-c4ncc(C)cc4O6)cc(C(C)(C)C)c3)O[C@@]12C(C)(C)C.[Pt+2]. The Kier molecular flexibility index (Phi) is 7.45. The number of ether oxygens (including phenoxy) is 3. The van der Waals surface area contributed by atoms with Gasteiger partial charge in [0.15, 0.2) is 17.3 Å². The molecule has 0 N–H and O–H groups in total. The Morgan fingerprint density at radius 2 is 1.56 bits per heavy atom. The number of hydrogen-bond donors (Lipinski definition) is 0. The van der Waals surface area contributed by atoms with Gasteiger partial charge in [0.25, 0.3) is 0 Å². The number of pyridine rings is 1. The molecule has 7 heteroatoms. The van der Waals surface area contributed by atoms with E-state index in [-0.39, 0.29) is 26.5 Å². The summed E-state index contributed by atoms with van der Waals surface area (Å²) < 4.78 is 41.9. The normalized spacial score (nSPS) is 21.3. The minimum Gasteiger partial charge on any atom is -0.510 e. The molecule has 4 aromatic carbocycles. The molecule has 6 aromatic rings. The maximum atomic E-state index is 9.74. The van der Waals surface area contributed by atoms with Gasteiger partial charge >= 0.3 is 21.1 Å². The van der Waals surface area contributed by atoms with Crippen molar-refractivity contribution in [1.82, 2.24) is 9.55 Å². The van der Waals surface area contributed by atoms with Gasteiger partial charge < -0.3 is 18.8 Å². The minimum atomic E-state index is -1.84. The number of benzene rings is 4. The summed E-state index contributed by atoms with van der Waals surface area (Å²) in [5.41, 5.74) is 6.92. The largest absolute Gasteiger partial charge is 2.00 e. The number of fused-ring (bicyclic) bond motifs is 8. The van der Waals surface area contributed by atoms with Gasteiger partial charge in [0.2, 0.25) is 0 Å². The van der Waals surface area contributed by atoms with Gasteiger partial charge in [-0.05, 0) is 90.9 Å². The Balaban J connectivity index is 0.00000441. The molecule has 54 heavy (non-hydrogen) atoms. The molecule has 0 unspecified atom stereocenters. The monoisotopic (exact) mass is 898 g/mol. The number of nitrogens with zero attached hydrogens (tertiary/aromatic N) is 3. The van der Waals surface area contributed by atoms with Crippen LogP contribution in [0.25, 0.3) is 27.6 Å². The van der Waals surface area contributed by atoms with Crippen LogP contribution in [-0.4, -0.2) is 21.0 Å². The maximum Gasteiger partial charge on any atom is 2.00 e. The molecular formula is C47H47N3O3Pt. The van der Waals surface area contributed by atoms with E-state index in [4.69, 9.17) is 24.2 Å². The molecule has 2 aliphatic heterocycles. The van der Waals surface area contributed by atoms with Crippen LogP contribution in [0.1, 0.15) is 101 Å². The van der Waals surface area contributed by atoms with Crippen molar-refractivity contribution in [2.24, 2.45) is 10.4 Å². The Labute approximate surface area is 336 Å². The topological polar surface area (TPSA) is 57.9 Å². The molecule has 3 aliphatic rings. The molecule has 0 fully saturated rings. The first-order chi connectivity index (χ1) is 25.6. The molecule has 6 nitrogen and oxygen atoms in total. The third-order valence-corrected chi connectivity index (χ3v) is 11.5. The van der Waals surface area contributed by atoms with E-state index in [0.29, 0.717) is 40.1 Å². The Morgan fingerprint density at radius 3 is 2.28 bits per heavy atom. The molecule has 0 saturated heterocycles. The molecule has 9 rings (SSSR count). The third-order valence-electron chi connectivity index (χ3n) is 11.5. The Hall–Kier alpha value is -4.41.